The molecule has 0 atom stereocenters. The summed E-state index contributed by atoms with van der Waals surface area (Å²) in [6, 6.07) is 8.31. The van der Waals surface area contributed by atoms with Crippen molar-refractivity contribution < 1.29 is 14.0 Å². The van der Waals surface area contributed by atoms with Crippen molar-refractivity contribution in [3.05, 3.63) is 63.4 Å². The summed E-state index contributed by atoms with van der Waals surface area (Å²) in [5.41, 5.74) is 0.814. The molecule has 1 aliphatic rings. The van der Waals surface area contributed by atoms with Crippen LogP contribution in [0.4, 0.5) is 10.1 Å². The lowest BCUT2D eigenvalue weighted by Crippen LogP contribution is -2.25. The molecule has 3 rings (SSSR count). The number of benzene rings is 2. The van der Waals surface area contributed by atoms with E-state index in [1.165, 1.54) is 18.2 Å². The largest absolute Gasteiger partial charge is 0.349 e. The van der Waals surface area contributed by atoms with Gasteiger partial charge < -0.3 is 10.6 Å². The molecule has 2 amide bonds. The van der Waals surface area contributed by atoms with Crippen molar-refractivity contribution in [2.24, 2.45) is 0 Å². The van der Waals surface area contributed by atoms with Crippen LogP contribution in [0.15, 0.2) is 36.4 Å². The van der Waals surface area contributed by atoms with Gasteiger partial charge in [0.05, 0.1) is 21.2 Å². The Morgan fingerprint density at radius 1 is 0.958 bits per heavy atom. The second-order valence-electron chi connectivity index (χ2n) is 5.52. The summed E-state index contributed by atoms with van der Waals surface area (Å²) in [5, 5.41) is 5.77. The van der Waals surface area contributed by atoms with Gasteiger partial charge in [0.25, 0.3) is 11.8 Å². The van der Waals surface area contributed by atoms with Gasteiger partial charge in [-0.2, -0.15) is 0 Å². The van der Waals surface area contributed by atoms with Gasteiger partial charge in [-0.15, -0.1) is 0 Å². The maximum atomic E-state index is 13.1. The number of hydrogen-bond donors (Lipinski definition) is 2. The second kappa shape index (κ2) is 6.79. The van der Waals surface area contributed by atoms with E-state index in [1.54, 1.807) is 6.07 Å². The van der Waals surface area contributed by atoms with E-state index in [0.29, 0.717) is 10.7 Å². The Labute approximate surface area is 148 Å². The molecule has 2 N–H and O–H groups in total. The summed E-state index contributed by atoms with van der Waals surface area (Å²) in [4.78, 5) is 24.4. The first-order chi connectivity index (χ1) is 11.4. The number of anilines is 1. The van der Waals surface area contributed by atoms with Crippen LogP contribution in [-0.4, -0.2) is 17.9 Å². The van der Waals surface area contributed by atoms with Gasteiger partial charge in [0, 0.05) is 11.7 Å². The van der Waals surface area contributed by atoms with Crippen LogP contribution in [0.5, 0.6) is 0 Å². The van der Waals surface area contributed by atoms with E-state index in [4.69, 9.17) is 23.2 Å². The fourth-order valence-electron chi connectivity index (χ4n) is 2.14. The van der Waals surface area contributed by atoms with Gasteiger partial charge in [-0.25, -0.2) is 4.39 Å². The quantitative estimate of drug-likeness (QED) is 0.848. The van der Waals surface area contributed by atoms with Crippen molar-refractivity contribution >= 4 is 40.7 Å². The Morgan fingerprint density at radius 2 is 1.71 bits per heavy atom. The molecule has 1 aliphatic carbocycles. The first-order valence-electron chi connectivity index (χ1n) is 7.31. The third-order valence-corrected chi connectivity index (χ3v) is 4.20. The molecule has 4 nitrogen and oxygen atoms in total. The standard InChI is InChI=1S/C17H13Cl2FN2O2/c18-14-6-4-11(8-13(14)17(24)21-10-2-3-10)22-16(23)12-5-1-9(20)7-15(12)19/h1,4-8,10H,2-3H2,(H,21,24)(H,22,23). The van der Waals surface area contributed by atoms with Crippen molar-refractivity contribution in [2.45, 2.75) is 18.9 Å². The molecule has 0 radical (unpaired) electrons. The van der Waals surface area contributed by atoms with E-state index in [2.05, 4.69) is 10.6 Å². The van der Waals surface area contributed by atoms with Crippen LogP contribution in [0.25, 0.3) is 0 Å². The van der Waals surface area contributed by atoms with E-state index in [0.717, 1.165) is 25.0 Å². The van der Waals surface area contributed by atoms with E-state index >= 15 is 0 Å². The van der Waals surface area contributed by atoms with Crippen LogP contribution in [0.2, 0.25) is 10.0 Å². The maximum Gasteiger partial charge on any atom is 0.257 e. The lowest BCUT2D eigenvalue weighted by atomic mass is 10.1. The molecule has 0 bridgehead atoms. The van der Waals surface area contributed by atoms with Gasteiger partial charge in [-0.1, -0.05) is 23.2 Å². The molecule has 0 heterocycles. The topological polar surface area (TPSA) is 58.2 Å². The fourth-order valence-corrected chi connectivity index (χ4v) is 2.60. The summed E-state index contributed by atoms with van der Waals surface area (Å²) in [5.74, 6) is -1.31. The van der Waals surface area contributed by atoms with Gasteiger partial charge in [0.15, 0.2) is 0 Å². The predicted octanol–water partition coefficient (Wildman–Crippen LogP) is 4.28. The SMILES string of the molecule is O=C(Nc1ccc(Cl)c(C(=O)NC2CC2)c1)c1ccc(F)cc1Cl. The van der Waals surface area contributed by atoms with Gasteiger partial charge in [0.1, 0.15) is 5.82 Å². The second-order valence-corrected chi connectivity index (χ2v) is 6.34. The van der Waals surface area contributed by atoms with Crippen LogP contribution in [0.1, 0.15) is 33.6 Å². The summed E-state index contributed by atoms with van der Waals surface area (Å²) >= 11 is 11.9. The molecule has 1 fully saturated rings. The van der Waals surface area contributed by atoms with Crippen molar-refractivity contribution in [1.29, 1.82) is 0 Å². The number of nitrogens with one attached hydrogen (secondary N) is 2. The number of halogens is 3. The smallest absolute Gasteiger partial charge is 0.257 e. The maximum absolute atomic E-state index is 13.1. The molecule has 124 valence electrons. The molecule has 0 unspecified atom stereocenters. The van der Waals surface area contributed by atoms with E-state index in [1.807, 2.05) is 0 Å². The normalized spacial score (nSPS) is 13.5. The molecule has 2 aromatic carbocycles. The number of hydrogen-bond acceptors (Lipinski definition) is 2. The van der Waals surface area contributed by atoms with Crippen molar-refractivity contribution in [3.8, 4) is 0 Å². The molecule has 1 saturated carbocycles. The highest BCUT2D eigenvalue weighted by Gasteiger charge is 2.25. The summed E-state index contributed by atoms with van der Waals surface area (Å²) in [6.45, 7) is 0. The Morgan fingerprint density at radius 3 is 2.38 bits per heavy atom. The van der Waals surface area contributed by atoms with Crippen molar-refractivity contribution in [1.82, 2.24) is 5.32 Å². The Hall–Kier alpha value is -2.11. The summed E-state index contributed by atoms with van der Waals surface area (Å²) in [6.07, 6.45) is 1.92. The number of carbonyl (C=O) groups is 2. The highest BCUT2D eigenvalue weighted by Crippen LogP contribution is 2.25. The minimum Gasteiger partial charge on any atom is -0.349 e. The zero-order chi connectivity index (χ0) is 17.3. The molecule has 0 saturated heterocycles. The van der Waals surface area contributed by atoms with Crippen LogP contribution in [0.3, 0.4) is 0 Å². The molecule has 0 aromatic heterocycles. The number of amides is 2. The predicted molar refractivity (Wildman–Crippen MR) is 91.3 cm³/mol. The lowest BCUT2D eigenvalue weighted by Gasteiger charge is -2.10. The zero-order valence-corrected chi connectivity index (χ0v) is 13.9. The van der Waals surface area contributed by atoms with Gasteiger partial charge >= 0.3 is 0 Å². The average molecular weight is 367 g/mol. The average Bonchev–Trinajstić information content (AvgIpc) is 3.32. The molecule has 0 aliphatic heterocycles. The van der Waals surface area contributed by atoms with Crippen molar-refractivity contribution in [3.63, 3.8) is 0 Å². The van der Waals surface area contributed by atoms with E-state index in [9.17, 15) is 14.0 Å². The molecular formula is C17H13Cl2FN2O2. The van der Waals surface area contributed by atoms with E-state index < -0.39 is 11.7 Å². The van der Waals surface area contributed by atoms with Crippen LogP contribution in [0, 0.1) is 5.82 Å². The third kappa shape index (κ3) is 3.86. The molecule has 24 heavy (non-hydrogen) atoms. The van der Waals surface area contributed by atoms with Crippen LogP contribution >= 0.6 is 23.2 Å². The first kappa shape index (κ1) is 16.7. The molecule has 2 aromatic rings. The third-order valence-electron chi connectivity index (χ3n) is 3.56. The lowest BCUT2D eigenvalue weighted by molar-refractivity contribution is 0.0949. The first-order valence-corrected chi connectivity index (χ1v) is 8.06. The van der Waals surface area contributed by atoms with Crippen molar-refractivity contribution in [2.75, 3.05) is 5.32 Å². The minimum absolute atomic E-state index is 0.00756. The number of carbonyl (C=O) groups excluding carboxylic acids is 2. The zero-order valence-electron chi connectivity index (χ0n) is 12.4. The molecular weight excluding hydrogens is 354 g/mol. The van der Waals surface area contributed by atoms with Gasteiger partial charge in [0.2, 0.25) is 0 Å². The van der Waals surface area contributed by atoms with Crippen LogP contribution in [-0.2, 0) is 0 Å². The number of rotatable bonds is 4. The Kier molecular flexibility index (Phi) is 4.73. The monoisotopic (exact) mass is 366 g/mol. The Bertz CT molecular complexity index is 822. The molecule has 7 heteroatoms. The summed E-state index contributed by atoms with van der Waals surface area (Å²) < 4.78 is 13.1. The fraction of sp³-hybridized carbons (Fsp3) is 0.176. The summed E-state index contributed by atoms with van der Waals surface area (Å²) in [7, 11) is 0. The van der Waals surface area contributed by atoms with Crippen LogP contribution < -0.4 is 10.6 Å². The van der Waals surface area contributed by atoms with Gasteiger partial charge in [-0.05, 0) is 49.2 Å². The highest BCUT2D eigenvalue weighted by atomic mass is 35.5. The highest BCUT2D eigenvalue weighted by molar-refractivity contribution is 6.35. The Balaban J connectivity index is 1.79. The van der Waals surface area contributed by atoms with Gasteiger partial charge in [-0.3, -0.25) is 9.59 Å². The molecule has 0 spiro atoms. The minimum atomic E-state index is -0.526. The van der Waals surface area contributed by atoms with E-state index in [-0.39, 0.29) is 28.1 Å².